The van der Waals surface area contributed by atoms with Gasteiger partial charge in [0.15, 0.2) is 0 Å². The van der Waals surface area contributed by atoms with E-state index in [9.17, 15) is 8.42 Å². The Kier molecular flexibility index (Phi) is 3.40. The van der Waals surface area contributed by atoms with Crippen LogP contribution in [-0.4, -0.2) is 36.8 Å². The minimum absolute atomic E-state index is 0.00260. The van der Waals surface area contributed by atoms with Crippen LogP contribution in [0.1, 0.15) is 37.4 Å². The molecule has 2 aliphatic rings. The molecule has 19 heavy (non-hydrogen) atoms. The number of hydrogen-bond donors (Lipinski definition) is 1. The second-order valence-electron chi connectivity index (χ2n) is 5.12. The van der Waals surface area contributed by atoms with E-state index in [1.165, 1.54) is 12.4 Å². The predicted molar refractivity (Wildman–Crippen MR) is 70.4 cm³/mol. The third-order valence-corrected chi connectivity index (χ3v) is 4.67. The third kappa shape index (κ3) is 3.42. The molecule has 0 radical (unpaired) electrons. The molecule has 1 aromatic rings. The molecular weight excluding hydrogens is 266 g/mol. The van der Waals surface area contributed by atoms with Crippen molar-refractivity contribution in [3.8, 4) is 0 Å². The minimum atomic E-state index is -3.39. The van der Waals surface area contributed by atoms with Crippen LogP contribution < -0.4 is 4.72 Å². The zero-order valence-electron chi connectivity index (χ0n) is 10.6. The standard InChI is InChI=1S/C12H17N3O3S/c16-19(17,8-11-2-1-5-18-11)15-10-6-13-12(14-7-10)9-3-4-9/h6-7,9,11,15H,1-5,8H2. The first-order valence-electron chi connectivity index (χ1n) is 6.56. The number of rotatable bonds is 5. The minimum Gasteiger partial charge on any atom is -0.377 e. The van der Waals surface area contributed by atoms with E-state index in [1.807, 2.05) is 0 Å². The summed E-state index contributed by atoms with van der Waals surface area (Å²) < 4.78 is 31.7. The van der Waals surface area contributed by atoms with Crippen LogP contribution in [0.3, 0.4) is 0 Å². The molecule has 2 fully saturated rings. The predicted octanol–water partition coefficient (Wildman–Crippen LogP) is 1.27. The van der Waals surface area contributed by atoms with Gasteiger partial charge in [0.2, 0.25) is 10.0 Å². The van der Waals surface area contributed by atoms with Gasteiger partial charge in [0, 0.05) is 12.5 Å². The summed E-state index contributed by atoms with van der Waals surface area (Å²) in [6.07, 6.45) is 6.87. The molecule has 2 heterocycles. The Labute approximate surface area is 112 Å². The van der Waals surface area contributed by atoms with Gasteiger partial charge in [-0.1, -0.05) is 0 Å². The number of hydrogen-bond acceptors (Lipinski definition) is 5. The van der Waals surface area contributed by atoms with Crippen molar-refractivity contribution in [2.24, 2.45) is 0 Å². The fourth-order valence-corrected chi connectivity index (χ4v) is 3.49. The van der Waals surface area contributed by atoms with Crippen molar-refractivity contribution in [3.63, 3.8) is 0 Å². The first kappa shape index (κ1) is 12.8. The maximum atomic E-state index is 11.9. The number of nitrogens with one attached hydrogen (secondary N) is 1. The monoisotopic (exact) mass is 283 g/mol. The van der Waals surface area contributed by atoms with Crippen molar-refractivity contribution in [3.05, 3.63) is 18.2 Å². The summed E-state index contributed by atoms with van der Waals surface area (Å²) in [6.45, 7) is 0.652. The lowest BCUT2D eigenvalue weighted by Gasteiger charge is -2.11. The van der Waals surface area contributed by atoms with Gasteiger partial charge in [0.25, 0.3) is 0 Å². The fourth-order valence-electron chi connectivity index (χ4n) is 2.18. The normalized spacial score (nSPS) is 23.5. The lowest BCUT2D eigenvalue weighted by Crippen LogP contribution is -2.25. The van der Waals surface area contributed by atoms with Crippen molar-refractivity contribution >= 4 is 15.7 Å². The number of nitrogens with zero attached hydrogens (tertiary/aromatic N) is 2. The van der Waals surface area contributed by atoms with Gasteiger partial charge in [-0.15, -0.1) is 0 Å². The molecule has 1 saturated carbocycles. The van der Waals surface area contributed by atoms with E-state index in [2.05, 4.69) is 14.7 Å². The Hall–Kier alpha value is -1.21. The molecule has 1 aliphatic carbocycles. The second kappa shape index (κ2) is 5.05. The molecule has 1 N–H and O–H groups in total. The van der Waals surface area contributed by atoms with Gasteiger partial charge in [-0.05, 0) is 25.7 Å². The lowest BCUT2D eigenvalue weighted by atomic mass is 10.3. The van der Waals surface area contributed by atoms with E-state index >= 15 is 0 Å². The van der Waals surface area contributed by atoms with Crippen LogP contribution in [0, 0.1) is 0 Å². The molecule has 0 aromatic carbocycles. The number of anilines is 1. The van der Waals surface area contributed by atoms with E-state index in [0.717, 1.165) is 31.5 Å². The second-order valence-corrected chi connectivity index (χ2v) is 6.89. The lowest BCUT2D eigenvalue weighted by molar-refractivity contribution is 0.127. The van der Waals surface area contributed by atoms with Gasteiger partial charge in [0.1, 0.15) is 5.82 Å². The Morgan fingerprint density at radius 2 is 2.00 bits per heavy atom. The van der Waals surface area contributed by atoms with E-state index in [4.69, 9.17) is 4.74 Å². The van der Waals surface area contributed by atoms with E-state index in [-0.39, 0.29) is 11.9 Å². The van der Waals surface area contributed by atoms with Crippen LogP contribution in [0.4, 0.5) is 5.69 Å². The molecule has 6 nitrogen and oxygen atoms in total. The first-order chi connectivity index (χ1) is 9.12. The zero-order chi connectivity index (χ0) is 13.3. The molecular formula is C12H17N3O3S. The molecule has 1 aliphatic heterocycles. The zero-order valence-corrected chi connectivity index (χ0v) is 11.4. The molecule has 7 heteroatoms. The Morgan fingerprint density at radius 3 is 2.58 bits per heavy atom. The van der Waals surface area contributed by atoms with Crippen molar-refractivity contribution in [2.45, 2.75) is 37.7 Å². The summed E-state index contributed by atoms with van der Waals surface area (Å²) in [6, 6.07) is 0. The molecule has 1 atom stereocenters. The first-order valence-corrected chi connectivity index (χ1v) is 8.22. The van der Waals surface area contributed by atoms with Crippen LogP contribution in [0.15, 0.2) is 12.4 Å². The number of aromatic nitrogens is 2. The van der Waals surface area contributed by atoms with Crippen molar-refractivity contribution in [1.82, 2.24) is 9.97 Å². The quantitative estimate of drug-likeness (QED) is 0.880. The average Bonchev–Trinajstić information content (AvgIpc) is 3.09. The van der Waals surface area contributed by atoms with Gasteiger partial charge < -0.3 is 4.74 Å². The van der Waals surface area contributed by atoms with Crippen LogP contribution in [-0.2, 0) is 14.8 Å². The van der Waals surface area contributed by atoms with Crippen LogP contribution >= 0.6 is 0 Å². The molecule has 1 saturated heterocycles. The number of sulfonamides is 1. The van der Waals surface area contributed by atoms with Crippen molar-refractivity contribution in [1.29, 1.82) is 0 Å². The van der Waals surface area contributed by atoms with E-state index in [0.29, 0.717) is 18.2 Å². The van der Waals surface area contributed by atoms with Crippen molar-refractivity contribution < 1.29 is 13.2 Å². The van der Waals surface area contributed by atoms with Gasteiger partial charge >= 0.3 is 0 Å². The average molecular weight is 283 g/mol. The smallest absolute Gasteiger partial charge is 0.235 e. The molecule has 1 unspecified atom stereocenters. The van der Waals surface area contributed by atoms with Gasteiger partial charge in [0.05, 0.1) is 29.9 Å². The summed E-state index contributed by atoms with van der Waals surface area (Å²) in [5, 5.41) is 0. The van der Waals surface area contributed by atoms with Crippen LogP contribution in [0.25, 0.3) is 0 Å². The highest BCUT2D eigenvalue weighted by molar-refractivity contribution is 7.92. The highest BCUT2D eigenvalue weighted by atomic mass is 32.2. The maximum absolute atomic E-state index is 11.9. The summed E-state index contributed by atoms with van der Waals surface area (Å²) >= 11 is 0. The topological polar surface area (TPSA) is 81.2 Å². The highest BCUT2D eigenvalue weighted by Crippen LogP contribution is 2.37. The Balaban J connectivity index is 1.62. The van der Waals surface area contributed by atoms with Gasteiger partial charge in [-0.3, -0.25) is 4.72 Å². The largest absolute Gasteiger partial charge is 0.377 e. The molecule has 1 aromatic heterocycles. The summed E-state index contributed by atoms with van der Waals surface area (Å²) in [4.78, 5) is 8.37. The number of ether oxygens (including phenoxy) is 1. The van der Waals surface area contributed by atoms with E-state index < -0.39 is 10.0 Å². The molecule has 104 valence electrons. The highest BCUT2D eigenvalue weighted by Gasteiger charge is 2.27. The Bertz CT molecular complexity index is 534. The maximum Gasteiger partial charge on any atom is 0.235 e. The summed E-state index contributed by atoms with van der Waals surface area (Å²) in [7, 11) is -3.39. The molecule has 0 amide bonds. The van der Waals surface area contributed by atoms with Gasteiger partial charge in [-0.2, -0.15) is 0 Å². The fraction of sp³-hybridized carbons (Fsp3) is 0.667. The van der Waals surface area contributed by atoms with Crippen LogP contribution in [0.5, 0.6) is 0 Å². The third-order valence-electron chi connectivity index (χ3n) is 3.32. The Morgan fingerprint density at radius 1 is 1.26 bits per heavy atom. The molecule has 0 spiro atoms. The van der Waals surface area contributed by atoms with E-state index in [1.54, 1.807) is 0 Å². The van der Waals surface area contributed by atoms with Crippen LogP contribution in [0.2, 0.25) is 0 Å². The SMILES string of the molecule is O=S(=O)(CC1CCCO1)Nc1cnc(C2CC2)nc1. The molecule has 3 rings (SSSR count). The van der Waals surface area contributed by atoms with Crippen molar-refractivity contribution in [2.75, 3.05) is 17.1 Å². The van der Waals surface area contributed by atoms with Gasteiger partial charge in [-0.25, -0.2) is 18.4 Å². The molecule has 0 bridgehead atoms. The summed E-state index contributed by atoms with van der Waals surface area (Å²) in [5.74, 6) is 1.27. The summed E-state index contributed by atoms with van der Waals surface area (Å²) in [5.41, 5.74) is 0.419.